The van der Waals surface area contributed by atoms with Crippen LogP contribution in [0.2, 0.25) is 0 Å². The molecule has 0 bridgehead atoms. The summed E-state index contributed by atoms with van der Waals surface area (Å²) in [5, 5.41) is 12.4. The third kappa shape index (κ3) is 6.77. The molecule has 0 aromatic heterocycles. The topological polar surface area (TPSA) is 114 Å². The second kappa shape index (κ2) is 14.6. The van der Waals surface area contributed by atoms with Crippen molar-refractivity contribution in [3.05, 3.63) is 124 Å². The quantitative estimate of drug-likeness (QED) is 0.232. The van der Waals surface area contributed by atoms with E-state index >= 15 is 0 Å². The van der Waals surface area contributed by atoms with Crippen LogP contribution in [0.3, 0.4) is 0 Å². The third-order valence-corrected chi connectivity index (χ3v) is 11.8. The van der Waals surface area contributed by atoms with E-state index in [1.807, 2.05) is 18.2 Å². The molecule has 2 N–H and O–H groups in total. The predicted molar refractivity (Wildman–Crippen MR) is 211 cm³/mol. The number of phenols is 1. The van der Waals surface area contributed by atoms with Crippen LogP contribution in [0.1, 0.15) is 97.9 Å². The van der Waals surface area contributed by atoms with E-state index in [1.165, 1.54) is 11.1 Å². The van der Waals surface area contributed by atoms with Crippen LogP contribution >= 0.6 is 0 Å². The Kier molecular flexibility index (Phi) is 7.23. The number of imide groups is 2. The highest BCUT2D eigenvalue weighted by molar-refractivity contribution is 6.23. The molecule has 4 heterocycles. The molecule has 5 aliphatic rings. The highest BCUT2D eigenvalue weighted by atomic mass is 16.3. The van der Waals surface area contributed by atoms with Crippen molar-refractivity contribution >= 4 is 35.0 Å². The minimum Gasteiger partial charge on any atom is -0.508 e. The van der Waals surface area contributed by atoms with Gasteiger partial charge in [0.15, 0.2) is 0 Å². The van der Waals surface area contributed by atoms with Gasteiger partial charge in [-0.2, -0.15) is 0 Å². The Morgan fingerprint density at radius 2 is 1.42 bits per heavy atom. The average molecular weight is 746 g/mol. The number of rotatable bonds is 7. The van der Waals surface area contributed by atoms with E-state index in [4.69, 9.17) is 11.0 Å². The molecule has 1 aliphatic carbocycles. The van der Waals surface area contributed by atoms with E-state index < -0.39 is 55.7 Å². The summed E-state index contributed by atoms with van der Waals surface area (Å²) in [5.74, 6) is -2.81. The highest BCUT2D eigenvalue weighted by Crippen LogP contribution is 2.47. The van der Waals surface area contributed by atoms with Gasteiger partial charge in [-0.25, -0.2) is 0 Å². The number of nitrogens with one attached hydrogen (secondary N) is 1. The minimum absolute atomic E-state index is 0.0918. The van der Waals surface area contributed by atoms with Crippen LogP contribution in [0.15, 0.2) is 91.0 Å². The summed E-state index contributed by atoms with van der Waals surface area (Å²) in [6.07, 6.45) is 2.65. The first-order valence-corrected chi connectivity index (χ1v) is 19.0. The van der Waals surface area contributed by atoms with Gasteiger partial charge in [0.25, 0.3) is 11.8 Å². The molecule has 55 heavy (non-hydrogen) atoms. The number of carbonyl (C=O) groups excluding carboxylic acids is 4. The van der Waals surface area contributed by atoms with Gasteiger partial charge in [-0.1, -0.05) is 48.5 Å². The zero-order valence-electron chi connectivity index (χ0n) is 38.2. The first kappa shape index (κ1) is 27.2. The Morgan fingerprint density at radius 1 is 0.691 bits per heavy atom. The van der Waals surface area contributed by atoms with Gasteiger partial charge >= 0.3 is 0 Å². The lowest BCUT2D eigenvalue weighted by atomic mass is 9.69. The number of benzene rings is 4. The molecule has 4 aromatic rings. The summed E-state index contributed by atoms with van der Waals surface area (Å²) in [6, 6.07) is 26.7. The third-order valence-electron chi connectivity index (χ3n) is 11.8. The number of hydrogen-bond donors (Lipinski definition) is 2. The number of fused-ring (bicyclic) bond motifs is 2. The predicted octanol–water partition coefficient (Wildman–Crippen LogP) is 5.69. The fourth-order valence-corrected chi connectivity index (χ4v) is 8.90. The van der Waals surface area contributed by atoms with Gasteiger partial charge in [-0.3, -0.25) is 34.3 Å². The van der Waals surface area contributed by atoms with Crippen molar-refractivity contribution in [3.8, 4) is 5.75 Å². The number of piperidine rings is 2. The van der Waals surface area contributed by atoms with E-state index in [9.17, 15) is 24.3 Å². The van der Waals surface area contributed by atoms with E-state index in [0.717, 1.165) is 47.9 Å². The van der Waals surface area contributed by atoms with Crippen LogP contribution in [-0.2, 0) is 16.0 Å². The zero-order valence-corrected chi connectivity index (χ0v) is 30.2. The van der Waals surface area contributed by atoms with Crippen molar-refractivity contribution < 1.29 is 35.3 Å². The summed E-state index contributed by atoms with van der Waals surface area (Å²) in [6.45, 7) is -11.7. The lowest BCUT2D eigenvalue weighted by Crippen LogP contribution is -2.54. The van der Waals surface area contributed by atoms with E-state index in [-0.39, 0.29) is 59.7 Å². The summed E-state index contributed by atoms with van der Waals surface area (Å²) < 4.78 is 72.7. The molecule has 3 saturated heterocycles. The Balaban J connectivity index is 0.908. The van der Waals surface area contributed by atoms with Gasteiger partial charge in [-0.15, -0.1) is 0 Å². The number of aromatic hydroxyl groups is 1. The molecule has 0 saturated carbocycles. The molecule has 3 atom stereocenters. The fraction of sp³-hybridized carbons (Fsp3) is 0.378. The number of aryl methyl sites for hydroxylation is 1. The molecule has 10 nitrogen and oxygen atoms in total. The maximum absolute atomic E-state index is 13.6. The second-order valence-electron chi connectivity index (χ2n) is 15.0. The Hall–Kier alpha value is -5.48. The number of phenolic OH excluding ortho intramolecular Hbond substituents is 1. The molecule has 1 unspecified atom stereocenters. The molecule has 0 spiro atoms. The normalized spacial score (nSPS) is 29.3. The van der Waals surface area contributed by atoms with Crippen LogP contribution in [-0.4, -0.2) is 90.2 Å². The van der Waals surface area contributed by atoms with Gasteiger partial charge in [0.05, 0.1) is 16.6 Å². The summed E-state index contributed by atoms with van der Waals surface area (Å²) in [7, 11) is 0. The first-order chi connectivity index (χ1) is 29.8. The van der Waals surface area contributed by atoms with Crippen molar-refractivity contribution in [2.24, 2.45) is 5.92 Å². The van der Waals surface area contributed by atoms with E-state index in [0.29, 0.717) is 40.6 Å². The van der Waals surface area contributed by atoms with Crippen LogP contribution < -0.4 is 15.1 Å². The first-order valence-electron chi connectivity index (χ1n) is 23.0. The molecular formula is C45H47N5O5. The summed E-state index contributed by atoms with van der Waals surface area (Å²) in [4.78, 5) is 55.2. The largest absolute Gasteiger partial charge is 0.508 e. The van der Waals surface area contributed by atoms with Gasteiger partial charge in [0, 0.05) is 74.8 Å². The SMILES string of the molecule is [2H]C1([2H])N(CC2CCN(c3ccc([C@@H]4c5ccc(O)cc5CC[C@@H]4c4ccccc4)cc3)CC2)C([2H])([2H])C([2H])([2H])N(c2ccc3c(c2)C(=O)N(C2CCC(=O)NC2=O)C3=O)C1([2H])[2H]. The van der Waals surface area contributed by atoms with Crippen molar-refractivity contribution in [3.63, 3.8) is 0 Å². The molecule has 4 aromatic carbocycles. The number of piperazine rings is 1. The Morgan fingerprint density at radius 3 is 2.16 bits per heavy atom. The maximum atomic E-state index is 13.6. The van der Waals surface area contributed by atoms with Crippen molar-refractivity contribution in [1.29, 1.82) is 0 Å². The van der Waals surface area contributed by atoms with Crippen LogP contribution in [0.5, 0.6) is 5.75 Å². The summed E-state index contributed by atoms with van der Waals surface area (Å²) in [5.41, 5.74) is 4.98. The molecule has 0 radical (unpaired) electrons. The molecule has 4 amide bonds. The average Bonchev–Trinajstić information content (AvgIpc) is 3.49. The number of amides is 4. The molecule has 9 rings (SSSR count). The fourth-order valence-electron chi connectivity index (χ4n) is 8.90. The smallest absolute Gasteiger partial charge is 0.262 e. The van der Waals surface area contributed by atoms with Crippen LogP contribution in [0.25, 0.3) is 0 Å². The van der Waals surface area contributed by atoms with Crippen molar-refractivity contribution in [1.82, 2.24) is 15.1 Å². The van der Waals surface area contributed by atoms with E-state index in [2.05, 4.69) is 58.7 Å². The van der Waals surface area contributed by atoms with Gasteiger partial charge < -0.3 is 14.9 Å². The van der Waals surface area contributed by atoms with E-state index in [1.54, 1.807) is 6.07 Å². The molecule has 3 fully saturated rings. The maximum Gasteiger partial charge on any atom is 0.262 e. The molecule has 282 valence electrons. The van der Waals surface area contributed by atoms with Gasteiger partial charge in [0.2, 0.25) is 11.8 Å². The van der Waals surface area contributed by atoms with Crippen LogP contribution in [0.4, 0.5) is 11.4 Å². The minimum atomic E-state index is -3.20. The molecule has 10 heteroatoms. The number of carbonyl (C=O) groups is 4. The monoisotopic (exact) mass is 745 g/mol. The van der Waals surface area contributed by atoms with Crippen LogP contribution in [0, 0.1) is 5.92 Å². The molecular weight excluding hydrogens is 691 g/mol. The highest BCUT2D eigenvalue weighted by Gasteiger charge is 2.45. The van der Waals surface area contributed by atoms with Crippen molar-refractivity contribution in [2.45, 2.75) is 56.4 Å². The van der Waals surface area contributed by atoms with Gasteiger partial charge in [0.1, 0.15) is 11.8 Å². The molecule has 4 aliphatic heterocycles. The zero-order chi connectivity index (χ0) is 44.8. The second-order valence-corrected chi connectivity index (χ2v) is 15.0. The number of hydrogen-bond acceptors (Lipinski definition) is 8. The van der Waals surface area contributed by atoms with Gasteiger partial charge in [-0.05, 0) is 109 Å². The van der Waals surface area contributed by atoms with Crippen molar-refractivity contribution in [2.75, 3.05) is 55.4 Å². The Labute approximate surface area is 333 Å². The Bertz CT molecular complexity index is 2470. The lowest BCUT2D eigenvalue weighted by molar-refractivity contribution is -0.136. The number of nitrogens with zero attached hydrogens (tertiary/aromatic N) is 4. The summed E-state index contributed by atoms with van der Waals surface area (Å²) >= 11 is 0. The lowest BCUT2D eigenvalue weighted by Gasteiger charge is -2.40. The standard InChI is InChI=1S/C45H47N5O5/c51-35-12-15-37-32(26-35)8-13-36(30-4-2-1-3-5-30)42(37)31-6-9-33(10-7-31)48-20-18-29(19-21-48)28-47-22-24-49(25-23-47)34-11-14-38-39(27-34)45(55)50(44(38)54)40-16-17-41(52)46-43(40)53/h1-7,9-12,14-15,26-27,29,36,40,42,51H,8,13,16-25,28H2,(H,46,52,53)/t36-,40?,42+/m1/s1/i22D2,23D2,24D2,25D2. The number of anilines is 2.